The van der Waals surface area contributed by atoms with E-state index in [1.54, 1.807) is 0 Å². The van der Waals surface area contributed by atoms with E-state index in [4.69, 9.17) is 4.74 Å². The molecule has 0 fully saturated rings. The van der Waals surface area contributed by atoms with Crippen molar-refractivity contribution in [3.63, 3.8) is 0 Å². The van der Waals surface area contributed by atoms with Crippen LogP contribution >= 0.6 is 0 Å². The molecule has 3 heteroatoms. The molecule has 3 nitrogen and oxygen atoms in total. The van der Waals surface area contributed by atoms with Crippen LogP contribution in [0.2, 0.25) is 0 Å². The lowest BCUT2D eigenvalue weighted by Crippen LogP contribution is -2.37. The Labute approximate surface area is 129 Å². The maximum Gasteiger partial charge on any atom is 0.119 e. The number of benzene rings is 1. The second-order valence-electron chi connectivity index (χ2n) is 6.20. The van der Waals surface area contributed by atoms with Gasteiger partial charge in [-0.05, 0) is 51.3 Å². The van der Waals surface area contributed by atoms with Crippen LogP contribution < -0.4 is 10.1 Å². The van der Waals surface area contributed by atoms with E-state index in [-0.39, 0.29) is 24.2 Å². The van der Waals surface area contributed by atoms with E-state index < -0.39 is 0 Å². The largest absolute Gasteiger partial charge is 0.491 e. The molecule has 1 aromatic rings. The number of rotatable bonds is 9. The van der Waals surface area contributed by atoms with Crippen molar-refractivity contribution in [1.29, 1.82) is 0 Å². The molecule has 0 saturated heterocycles. The lowest BCUT2D eigenvalue weighted by Gasteiger charge is -2.31. The van der Waals surface area contributed by atoms with Gasteiger partial charge in [-0.15, -0.1) is 0 Å². The van der Waals surface area contributed by atoms with Gasteiger partial charge in [0.15, 0.2) is 0 Å². The number of aliphatic hydroxyl groups is 1. The maximum atomic E-state index is 9.62. The Kier molecular flexibility index (Phi) is 7.20. The van der Waals surface area contributed by atoms with Crippen LogP contribution in [0.1, 0.15) is 59.1 Å². The minimum Gasteiger partial charge on any atom is -0.491 e. The van der Waals surface area contributed by atoms with Crippen molar-refractivity contribution in [2.45, 2.75) is 59.6 Å². The summed E-state index contributed by atoms with van der Waals surface area (Å²) >= 11 is 0. The summed E-state index contributed by atoms with van der Waals surface area (Å²) in [6.45, 7) is 11.6. The predicted molar refractivity (Wildman–Crippen MR) is 88.7 cm³/mol. The van der Waals surface area contributed by atoms with Crippen LogP contribution in [-0.2, 0) is 0 Å². The van der Waals surface area contributed by atoms with Crippen LogP contribution in [0.4, 0.5) is 0 Å². The molecule has 0 aromatic heterocycles. The normalized spacial score (nSPS) is 13.5. The molecule has 0 heterocycles. The molecule has 0 spiro atoms. The number of nitrogens with one attached hydrogen (secondary N) is 1. The summed E-state index contributed by atoms with van der Waals surface area (Å²) in [7, 11) is 0. The molecule has 0 aliphatic carbocycles. The topological polar surface area (TPSA) is 41.5 Å². The first kappa shape index (κ1) is 18.0. The highest BCUT2D eigenvalue weighted by molar-refractivity contribution is 5.29. The van der Waals surface area contributed by atoms with E-state index in [1.807, 2.05) is 26.0 Å². The Hall–Kier alpha value is -1.06. The number of hydrogen-bond acceptors (Lipinski definition) is 3. The van der Waals surface area contributed by atoms with Crippen molar-refractivity contribution >= 4 is 0 Å². The Morgan fingerprint density at radius 2 is 1.67 bits per heavy atom. The van der Waals surface area contributed by atoms with Gasteiger partial charge in [-0.2, -0.15) is 0 Å². The summed E-state index contributed by atoms with van der Waals surface area (Å²) in [6.07, 6.45) is 2.17. The molecule has 0 amide bonds. The van der Waals surface area contributed by atoms with Crippen LogP contribution in [0.25, 0.3) is 0 Å². The summed E-state index contributed by atoms with van der Waals surface area (Å²) in [5, 5.41) is 13.2. The van der Waals surface area contributed by atoms with Crippen molar-refractivity contribution < 1.29 is 9.84 Å². The summed E-state index contributed by atoms with van der Waals surface area (Å²) in [5.41, 5.74) is 1.24. The van der Waals surface area contributed by atoms with Crippen molar-refractivity contribution in [2.24, 2.45) is 5.41 Å². The number of aliphatic hydroxyl groups excluding tert-OH is 1. The lowest BCUT2D eigenvalue weighted by molar-refractivity contribution is 0.110. The molecule has 1 rings (SSSR count). The molecule has 1 unspecified atom stereocenters. The smallest absolute Gasteiger partial charge is 0.119 e. The first-order chi connectivity index (χ1) is 9.96. The Bertz CT molecular complexity index is 388. The van der Waals surface area contributed by atoms with Gasteiger partial charge in [0, 0.05) is 24.6 Å². The van der Waals surface area contributed by atoms with E-state index in [9.17, 15) is 5.11 Å². The SMILES string of the molecule is CCC(CC)(CO)CNC(C)c1ccc(OC(C)C)cc1. The summed E-state index contributed by atoms with van der Waals surface area (Å²) in [6, 6.07) is 8.52. The molecular weight excluding hydrogens is 262 g/mol. The standard InChI is InChI=1S/C18H31NO2/c1-6-18(7-2,13-20)12-19-15(5)16-8-10-17(11-9-16)21-14(3)4/h8-11,14-15,19-20H,6-7,12-13H2,1-5H3. The van der Waals surface area contributed by atoms with Crippen LogP contribution in [0.5, 0.6) is 5.75 Å². The minimum absolute atomic E-state index is 0.00501. The Balaban J connectivity index is 2.61. The minimum atomic E-state index is -0.00501. The third-order valence-electron chi connectivity index (χ3n) is 4.37. The first-order valence-electron chi connectivity index (χ1n) is 8.07. The molecule has 0 aliphatic heterocycles. The summed E-state index contributed by atoms with van der Waals surface area (Å²) in [4.78, 5) is 0. The predicted octanol–water partition coefficient (Wildman–Crippen LogP) is 3.92. The van der Waals surface area contributed by atoms with Gasteiger partial charge >= 0.3 is 0 Å². The molecule has 0 saturated carbocycles. The van der Waals surface area contributed by atoms with Gasteiger partial charge in [-0.1, -0.05) is 26.0 Å². The Morgan fingerprint density at radius 3 is 2.10 bits per heavy atom. The molecule has 2 N–H and O–H groups in total. The second-order valence-corrected chi connectivity index (χ2v) is 6.20. The van der Waals surface area contributed by atoms with Crippen molar-refractivity contribution in [3.05, 3.63) is 29.8 Å². The average Bonchev–Trinajstić information content (AvgIpc) is 2.49. The highest BCUT2D eigenvalue weighted by Gasteiger charge is 2.25. The quantitative estimate of drug-likeness (QED) is 0.725. The van der Waals surface area contributed by atoms with Crippen LogP contribution in [-0.4, -0.2) is 24.4 Å². The molecule has 0 bridgehead atoms. The van der Waals surface area contributed by atoms with Gasteiger partial charge in [-0.25, -0.2) is 0 Å². The first-order valence-corrected chi connectivity index (χ1v) is 8.07. The number of ether oxygens (including phenoxy) is 1. The van der Waals surface area contributed by atoms with Crippen LogP contribution in [0.3, 0.4) is 0 Å². The van der Waals surface area contributed by atoms with Gasteiger partial charge in [0.05, 0.1) is 6.10 Å². The van der Waals surface area contributed by atoms with Crippen molar-refractivity contribution in [2.75, 3.05) is 13.2 Å². The van der Waals surface area contributed by atoms with Gasteiger partial charge in [0.2, 0.25) is 0 Å². The highest BCUT2D eigenvalue weighted by atomic mass is 16.5. The van der Waals surface area contributed by atoms with E-state index in [0.717, 1.165) is 25.1 Å². The molecule has 0 radical (unpaired) electrons. The number of hydrogen-bond donors (Lipinski definition) is 2. The van der Waals surface area contributed by atoms with Crippen molar-refractivity contribution in [3.8, 4) is 5.75 Å². The van der Waals surface area contributed by atoms with E-state index in [1.165, 1.54) is 5.56 Å². The molecule has 21 heavy (non-hydrogen) atoms. The monoisotopic (exact) mass is 293 g/mol. The van der Waals surface area contributed by atoms with Crippen molar-refractivity contribution in [1.82, 2.24) is 5.32 Å². The fourth-order valence-electron chi connectivity index (χ4n) is 2.37. The molecule has 1 aromatic carbocycles. The maximum absolute atomic E-state index is 9.62. The van der Waals surface area contributed by atoms with E-state index in [2.05, 4.69) is 38.2 Å². The molecule has 1 atom stereocenters. The molecule has 120 valence electrons. The summed E-state index contributed by atoms with van der Waals surface area (Å²) < 4.78 is 5.66. The molecular formula is C18H31NO2. The van der Waals surface area contributed by atoms with Crippen LogP contribution in [0, 0.1) is 5.41 Å². The zero-order valence-electron chi connectivity index (χ0n) is 14.1. The van der Waals surface area contributed by atoms with Gasteiger partial charge in [0.1, 0.15) is 5.75 Å². The zero-order valence-corrected chi connectivity index (χ0v) is 14.1. The van der Waals surface area contributed by atoms with E-state index >= 15 is 0 Å². The zero-order chi connectivity index (χ0) is 15.9. The second kappa shape index (κ2) is 8.40. The molecule has 0 aliphatic rings. The lowest BCUT2D eigenvalue weighted by atomic mass is 9.83. The average molecular weight is 293 g/mol. The van der Waals surface area contributed by atoms with Gasteiger partial charge in [0.25, 0.3) is 0 Å². The fraction of sp³-hybridized carbons (Fsp3) is 0.667. The van der Waals surface area contributed by atoms with Crippen LogP contribution in [0.15, 0.2) is 24.3 Å². The van der Waals surface area contributed by atoms with Gasteiger partial charge in [-0.3, -0.25) is 0 Å². The highest BCUT2D eigenvalue weighted by Crippen LogP contribution is 2.26. The van der Waals surface area contributed by atoms with E-state index in [0.29, 0.717) is 0 Å². The third-order valence-corrected chi connectivity index (χ3v) is 4.37. The van der Waals surface area contributed by atoms with Gasteiger partial charge < -0.3 is 15.2 Å². The Morgan fingerprint density at radius 1 is 1.10 bits per heavy atom. The third kappa shape index (κ3) is 5.33. The fourth-order valence-corrected chi connectivity index (χ4v) is 2.37. The summed E-state index contributed by atoms with van der Waals surface area (Å²) in [5.74, 6) is 0.910.